The van der Waals surface area contributed by atoms with E-state index in [1.807, 2.05) is 0 Å². The molecule has 1 amide bonds. The highest BCUT2D eigenvalue weighted by molar-refractivity contribution is 7.80. The predicted octanol–water partition coefficient (Wildman–Crippen LogP) is -1.37. The third kappa shape index (κ3) is 22.7. The molecule has 0 rings (SSSR count). The van der Waals surface area contributed by atoms with Crippen molar-refractivity contribution in [2.75, 3.05) is 33.1 Å². The number of aliphatic hydroxyl groups excluding tert-OH is 2. The summed E-state index contributed by atoms with van der Waals surface area (Å²) in [6, 6.07) is -0.0602. The predicted molar refractivity (Wildman–Crippen MR) is 92.5 cm³/mol. The van der Waals surface area contributed by atoms with Crippen molar-refractivity contribution in [1.82, 2.24) is 5.32 Å². The standard InChI is InChI=1S/C10H15NO5S.C3H9NO.CH4O/c1-15-10(14)6-11-9(13)5-8(16-7-12)3-2-4-17;1-3(4)2-5;1-2/h2-3,7-8,17H,4-6H2,1H3,(H,11,13);3,5H,2,4H2,1H3;2H,1H3/b3-2+;;. The summed E-state index contributed by atoms with van der Waals surface area (Å²) in [4.78, 5) is 32.3. The maximum absolute atomic E-state index is 11.3. The van der Waals surface area contributed by atoms with Crippen LogP contribution in [0.3, 0.4) is 0 Å². The van der Waals surface area contributed by atoms with E-state index in [9.17, 15) is 14.4 Å². The first kappa shape index (κ1) is 27.2. The molecule has 10 heteroatoms. The van der Waals surface area contributed by atoms with Gasteiger partial charge in [-0.2, -0.15) is 12.6 Å². The summed E-state index contributed by atoms with van der Waals surface area (Å²) in [6.07, 6.45) is 2.50. The Labute approximate surface area is 147 Å². The lowest BCUT2D eigenvalue weighted by molar-refractivity contribution is -0.142. The normalized spacial score (nSPS) is 11.8. The zero-order chi connectivity index (χ0) is 19.4. The number of thiol groups is 1. The summed E-state index contributed by atoms with van der Waals surface area (Å²) in [5.74, 6) is -0.481. The van der Waals surface area contributed by atoms with Crippen LogP contribution in [-0.4, -0.2) is 73.8 Å². The molecule has 2 atom stereocenters. The fraction of sp³-hybridized carbons (Fsp3) is 0.643. The number of nitrogens with one attached hydrogen (secondary N) is 1. The Morgan fingerprint density at radius 3 is 2.29 bits per heavy atom. The molecule has 9 nitrogen and oxygen atoms in total. The first-order valence-electron chi connectivity index (χ1n) is 6.92. The number of ether oxygens (including phenoxy) is 2. The van der Waals surface area contributed by atoms with Gasteiger partial charge >= 0.3 is 5.97 Å². The molecule has 0 radical (unpaired) electrons. The number of amides is 1. The van der Waals surface area contributed by atoms with E-state index < -0.39 is 18.0 Å². The Hall–Kier alpha value is -1.62. The smallest absolute Gasteiger partial charge is 0.325 e. The number of nitrogens with two attached hydrogens (primary N) is 1. The minimum absolute atomic E-state index is 0.0555. The van der Waals surface area contributed by atoms with Crippen LogP contribution >= 0.6 is 12.6 Å². The molecule has 0 fully saturated rings. The van der Waals surface area contributed by atoms with Crippen LogP contribution in [0.4, 0.5) is 0 Å². The number of esters is 1. The van der Waals surface area contributed by atoms with Gasteiger partial charge in [0.05, 0.1) is 20.1 Å². The Morgan fingerprint density at radius 2 is 1.92 bits per heavy atom. The zero-order valence-corrected chi connectivity index (χ0v) is 15.1. The van der Waals surface area contributed by atoms with Gasteiger partial charge in [-0.15, -0.1) is 0 Å². The number of carbonyl (C=O) groups excluding carboxylic acids is 3. The van der Waals surface area contributed by atoms with E-state index in [-0.39, 0.29) is 32.1 Å². The lowest BCUT2D eigenvalue weighted by Gasteiger charge is -2.10. The largest absolute Gasteiger partial charge is 0.468 e. The third-order valence-electron chi connectivity index (χ3n) is 2.02. The van der Waals surface area contributed by atoms with E-state index in [0.29, 0.717) is 5.75 Å². The van der Waals surface area contributed by atoms with Gasteiger partial charge < -0.3 is 30.7 Å². The number of methoxy groups -OCH3 is 1. The molecule has 0 aromatic carbocycles. The molecule has 0 saturated carbocycles. The molecule has 0 saturated heterocycles. The number of carbonyl (C=O) groups is 3. The molecular formula is C14H28N2O7S. The highest BCUT2D eigenvalue weighted by atomic mass is 32.1. The van der Waals surface area contributed by atoms with Crippen molar-refractivity contribution in [2.45, 2.75) is 25.5 Å². The van der Waals surface area contributed by atoms with Crippen molar-refractivity contribution < 1.29 is 34.1 Å². The maximum atomic E-state index is 11.3. The van der Waals surface area contributed by atoms with Gasteiger partial charge in [-0.05, 0) is 13.0 Å². The molecule has 0 aliphatic rings. The first-order valence-corrected chi connectivity index (χ1v) is 7.55. The average molecular weight is 368 g/mol. The summed E-state index contributed by atoms with van der Waals surface area (Å²) in [5, 5.41) is 17.4. The Balaban J connectivity index is -0.000000534. The molecular weight excluding hydrogens is 340 g/mol. The van der Waals surface area contributed by atoms with Crippen LogP contribution in [0.2, 0.25) is 0 Å². The van der Waals surface area contributed by atoms with Crippen LogP contribution in [0.25, 0.3) is 0 Å². The van der Waals surface area contributed by atoms with Gasteiger partial charge in [0.2, 0.25) is 5.91 Å². The van der Waals surface area contributed by atoms with E-state index in [1.54, 1.807) is 19.1 Å². The van der Waals surface area contributed by atoms with E-state index in [2.05, 4.69) is 27.4 Å². The zero-order valence-electron chi connectivity index (χ0n) is 14.2. The van der Waals surface area contributed by atoms with Gasteiger partial charge in [0.15, 0.2) is 0 Å². The van der Waals surface area contributed by atoms with E-state index in [4.69, 9.17) is 15.9 Å². The molecule has 0 aliphatic carbocycles. The van der Waals surface area contributed by atoms with Gasteiger partial charge in [-0.25, -0.2) is 0 Å². The van der Waals surface area contributed by atoms with Crippen LogP contribution < -0.4 is 11.1 Å². The molecule has 24 heavy (non-hydrogen) atoms. The lowest BCUT2D eigenvalue weighted by Crippen LogP contribution is -2.32. The quantitative estimate of drug-likeness (QED) is 0.145. The summed E-state index contributed by atoms with van der Waals surface area (Å²) < 4.78 is 9.02. The number of aliphatic hydroxyl groups is 2. The fourth-order valence-electron chi connectivity index (χ4n) is 0.943. The van der Waals surface area contributed by atoms with Crippen LogP contribution in [0.15, 0.2) is 12.2 Å². The second-order valence-corrected chi connectivity index (χ2v) is 4.46. The highest BCUT2D eigenvalue weighted by Gasteiger charge is 2.12. The first-order chi connectivity index (χ1) is 11.4. The maximum Gasteiger partial charge on any atom is 0.325 e. The number of rotatable bonds is 9. The van der Waals surface area contributed by atoms with Crippen molar-refractivity contribution in [3.63, 3.8) is 0 Å². The van der Waals surface area contributed by atoms with E-state index >= 15 is 0 Å². The van der Waals surface area contributed by atoms with Crippen molar-refractivity contribution in [3.05, 3.63) is 12.2 Å². The van der Waals surface area contributed by atoms with E-state index in [1.165, 1.54) is 7.11 Å². The molecule has 2 unspecified atom stereocenters. The highest BCUT2D eigenvalue weighted by Crippen LogP contribution is 2.00. The molecule has 0 aromatic heterocycles. The summed E-state index contributed by atoms with van der Waals surface area (Å²) >= 11 is 3.94. The van der Waals surface area contributed by atoms with Crippen LogP contribution in [-0.2, 0) is 23.9 Å². The molecule has 142 valence electrons. The minimum atomic E-state index is -0.655. The molecule has 0 spiro atoms. The third-order valence-corrected chi connectivity index (χ3v) is 2.23. The van der Waals surface area contributed by atoms with Gasteiger partial charge in [-0.1, -0.05) is 6.08 Å². The number of hydrogen-bond donors (Lipinski definition) is 5. The molecule has 5 N–H and O–H groups in total. The Morgan fingerprint density at radius 1 is 1.38 bits per heavy atom. The molecule has 0 heterocycles. The monoisotopic (exact) mass is 368 g/mol. The van der Waals surface area contributed by atoms with Gasteiger partial charge in [-0.3, -0.25) is 14.4 Å². The van der Waals surface area contributed by atoms with Crippen molar-refractivity contribution in [3.8, 4) is 0 Å². The Kier molecular flexibility index (Phi) is 24.3. The van der Waals surface area contributed by atoms with Gasteiger partial charge in [0.1, 0.15) is 12.6 Å². The molecule has 0 bridgehead atoms. The summed E-state index contributed by atoms with van der Waals surface area (Å²) in [7, 11) is 2.22. The summed E-state index contributed by atoms with van der Waals surface area (Å²) in [5.41, 5.74) is 5.04. The van der Waals surface area contributed by atoms with Crippen molar-refractivity contribution >= 4 is 31.0 Å². The second-order valence-electron chi connectivity index (χ2n) is 4.10. The van der Waals surface area contributed by atoms with Gasteiger partial charge in [0.25, 0.3) is 6.47 Å². The topological polar surface area (TPSA) is 148 Å². The molecule has 0 aliphatic heterocycles. The molecule has 0 aromatic rings. The fourth-order valence-corrected chi connectivity index (χ4v) is 1.07. The van der Waals surface area contributed by atoms with Crippen LogP contribution in [0.1, 0.15) is 13.3 Å². The van der Waals surface area contributed by atoms with Crippen molar-refractivity contribution in [2.24, 2.45) is 5.73 Å². The van der Waals surface area contributed by atoms with Gasteiger partial charge in [0, 0.05) is 18.9 Å². The minimum Gasteiger partial charge on any atom is -0.468 e. The van der Waals surface area contributed by atoms with Crippen LogP contribution in [0, 0.1) is 0 Å². The average Bonchev–Trinajstić information content (AvgIpc) is 2.59. The Bertz CT molecular complexity index is 352. The number of hydrogen-bond acceptors (Lipinski definition) is 9. The SMILES string of the molecule is CC(N)CO.CO.COC(=O)CNC(=O)CC(/C=C/CS)OC=O. The van der Waals surface area contributed by atoms with E-state index in [0.717, 1.165) is 7.11 Å². The second kappa shape index (κ2) is 21.4. The lowest BCUT2D eigenvalue weighted by atomic mass is 10.2. The summed E-state index contributed by atoms with van der Waals surface area (Å²) in [6.45, 7) is 1.89. The van der Waals surface area contributed by atoms with Crippen LogP contribution in [0.5, 0.6) is 0 Å². The van der Waals surface area contributed by atoms with Crippen molar-refractivity contribution in [1.29, 1.82) is 0 Å².